The lowest BCUT2D eigenvalue weighted by molar-refractivity contribution is 0.102. The molecule has 0 aliphatic carbocycles. The maximum Gasteiger partial charge on any atom is 0.285 e. The summed E-state index contributed by atoms with van der Waals surface area (Å²) in [5.74, 6) is -0.330. The Morgan fingerprint density at radius 2 is 1.69 bits per heavy atom. The zero-order valence-electron chi connectivity index (χ0n) is 17.1. The Morgan fingerprint density at radius 1 is 1.00 bits per heavy atom. The monoisotopic (exact) mass is 409 g/mol. The van der Waals surface area contributed by atoms with Gasteiger partial charge in [0.05, 0.1) is 11.4 Å². The van der Waals surface area contributed by atoms with Gasteiger partial charge >= 0.3 is 0 Å². The second kappa shape index (κ2) is 8.48. The van der Waals surface area contributed by atoms with Gasteiger partial charge in [0, 0.05) is 24.7 Å². The third-order valence-electron chi connectivity index (χ3n) is 4.25. The molecule has 0 unspecified atom stereocenters. The van der Waals surface area contributed by atoms with E-state index in [2.05, 4.69) is 15.5 Å². The van der Waals surface area contributed by atoms with Crippen LogP contribution in [0.2, 0.25) is 0 Å². The molecule has 0 fully saturated rings. The first-order valence-electron chi connectivity index (χ1n) is 9.06. The predicted molar refractivity (Wildman–Crippen MR) is 115 cm³/mol. The normalized spacial score (nSPS) is 10.7. The molecule has 2 amide bonds. The molecule has 0 bridgehead atoms. The van der Waals surface area contributed by atoms with Gasteiger partial charge in [-0.2, -0.15) is 9.90 Å². The minimum atomic E-state index is -0.330. The van der Waals surface area contributed by atoms with E-state index in [1.54, 1.807) is 45.3 Å². The molecular weight excluding hydrogens is 386 g/mol. The van der Waals surface area contributed by atoms with Gasteiger partial charge in [-0.3, -0.25) is 9.59 Å². The van der Waals surface area contributed by atoms with Crippen LogP contribution in [0.15, 0.2) is 47.4 Å². The molecule has 7 nitrogen and oxygen atoms in total. The molecule has 3 aromatic rings. The van der Waals surface area contributed by atoms with Gasteiger partial charge in [-0.1, -0.05) is 17.7 Å². The van der Waals surface area contributed by atoms with Crippen molar-refractivity contribution < 1.29 is 9.59 Å². The summed E-state index contributed by atoms with van der Waals surface area (Å²) in [6.45, 7) is 5.77. The van der Waals surface area contributed by atoms with Crippen molar-refractivity contribution in [2.75, 3.05) is 19.4 Å². The van der Waals surface area contributed by atoms with Crippen molar-refractivity contribution in [3.05, 3.63) is 65.0 Å². The first kappa shape index (κ1) is 20.6. The lowest BCUT2D eigenvalue weighted by Crippen LogP contribution is -2.16. The Morgan fingerprint density at radius 3 is 2.31 bits per heavy atom. The van der Waals surface area contributed by atoms with Crippen LogP contribution in [0.5, 0.6) is 0 Å². The van der Waals surface area contributed by atoms with E-state index in [1.807, 2.05) is 32.0 Å². The van der Waals surface area contributed by atoms with E-state index < -0.39 is 0 Å². The summed E-state index contributed by atoms with van der Waals surface area (Å²) in [4.78, 5) is 28.3. The number of nitrogens with one attached hydrogen (secondary N) is 1. The van der Waals surface area contributed by atoms with Crippen molar-refractivity contribution in [1.82, 2.24) is 19.9 Å². The lowest BCUT2D eigenvalue weighted by atomic mass is 10.1. The fourth-order valence-corrected chi connectivity index (χ4v) is 3.37. The standard InChI is InChI=1S/C21H23N5O2S/c1-13-6-11-18(14(2)12-13)26-23-15(3)19(24-26)20(27)22-16-7-9-17(10-8-16)29-21(28)25(4)5/h6-12H,1-5H3,(H,22,27). The summed E-state index contributed by atoms with van der Waals surface area (Å²) in [6.07, 6.45) is 0. The third kappa shape index (κ3) is 4.83. The number of aryl methyl sites for hydroxylation is 3. The molecule has 0 spiro atoms. The van der Waals surface area contributed by atoms with Crippen LogP contribution in [0, 0.1) is 20.8 Å². The molecule has 2 aromatic carbocycles. The average Bonchev–Trinajstić information content (AvgIpc) is 3.04. The summed E-state index contributed by atoms with van der Waals surface area (Å²) >= 11 is 1.13. The highest BCUT2D eigenvalue weighted by atomic mass is 32.2. The second-order valence-electron chi connectivity index (χ2n) is 6.95. The fourth-order valence-electron chi connectivity index (χ4n) is 2.71. The molecule has 1 aromatic heterocycles. The first-order valence-corrected chi connectivity index (χ1v) is 9.88. The Hall–Kier alpha value is -3.13. The summed E-state index contributed by atoms with van der Waals surface area (Å²) in [6, 6.07) is 13.1. The van der Waals surface area contributed by atoms with Crippen LogP contribution in [-0.2, 0) is 0 Å². The summed E-state index contributed by atoms with van der Waals surface area (Å²) in [5, 5.41) is 11.6. The second-order valence-corrected chi connectivity index (χ2v) is 7.98. The molecule has 0 aliphatic heterocycles. The zero-order valence-corrected chi connectivity index (χ0v) is 17.9. The van der Waals surface area contributed by atoms with E-state index in [-0.39, 0.29) is 16.8 Å². The van der Waals surface area contributed by atoms with Gasteiger partial charge in [-0.15, -0.1) is 5.10 Å². The first-order chi connectivity index (χ1) is 13.7. The molecule has 0 atom stereocenters. The van der Waals surface area contributed by atoms with E-state index >= 15 is 0 Å². The van der Waals surface area contributed by atoms with Crippen molar-refractivity contribution >= 4 is 28.6 Å². The average molecular weight is 410 g/mol. The van der Waals surface area contributed by atoms with E-state index in [9.17, 15) is 9.59 Å². The molecular formula is C21H23N5O2S. The smallest absolute Gasteiger partial charge is 0.285 e. The van der Waals surface area contributed by atoms with Crippen LogP contribution in [-0.4, -0.2) is 45.1 Å². The number of thioether (sulfide) groups is 1. The van der Waals surface area contributed by atoms with Crippen molar-refractivity contribution in [3.8, 4) is 5.69 Å². The van der Waals surface area contributed by atoms with Crippen LogP contribution in [0.1, 0.15) is 27.3 Å². The van der Waals surface area contributed by atoms with Gasteiger partial charge in [0.15, 0.2) is 5.69 Å². The van der Waals surface area contributed by atoms with E-state index in [0.29, 0.717) is 11.4 Å². The van der Waals surface area contributed by atoms with E-state index in [4.69, 9.17) is 0 Å². The number of nitrogens with zero attached hydrogens (tertiary/aromatic N) is 4. The van der Waals surface area contributed by atoms with Gasteiger partial charge in [0.1, 0.15) is 0 Å². The highest BCUT2D eigenvalue weighted by molar-refractivity contribution is 8.13. The number of carbonyl (C=O) groups is 2. The van der Waals surface area contributed by atoms with E-state index in [1.165, 1.54) is 9.70 Å². The molecule has 1 heterocycles. The number of aromatic nitrogens is 3. The molecule has 8 heteroatoms. The Kier molecular flexibility index (Phi) is 6.03. The molecule has 1 N–H and O–H groups in total. The summed E-state index contributed by atoms with van der Waals surface area (Å²) < 4.78 is 0. The van der Waals surface area contributed by atoms with Crippen LogP contribution < -0.4 is 5.32 Å². The maximum absolute atomic E-state index is 12.7. The summed E-state index contributed by atoms with van der Waals surface area (Å²) in [7, 11) is 3.41. The van der Waals surface area contributed by atoms with Gasteiger partial charge < -0.3 is 10.2 Å². The number of rotatable bonds is 4. The number of hydrogen-bond donors (Lipinski definition) is 1. The third-order valence-corrected chi connectivity index (χ3v) is 5.30. The molecule has 0 aliphatic rings. The SMILES string of the molecule is Cc1ccc(-n2nc(C)c(C(=O)Nc3ccc(SC(=O)N(C)C)cc3)n2)c(C)c1. The maximum atomic E-state index is 12.7. The highest BCUT2D eigenvalue weighted by Gasteiger charge is 2.17. The summed E-state index contributed by atoms with van der Waals surface area (Å²) in [5.41, 5.74) is 4.47. The van der Waals surface area contributed by atoms with Crippen molar-refractivity contribution in [2.24, 2.45) is 0 Å². The van der Waals surface area contributed by atoms with Gasteiger partial charge in [0.2, 0.25) is 0 Å². The van der Waals surface area contributed by atoms with Crippen LogP contribution in [0.4, 0.5) is 10.5 Å². The molecule has 0 radical (unpaired) electrons. The number of amides is 2. The van der Waals surface area contributed by atoms with Crippen molar-refractivity contribution in [1.29, 1.82) is 0 Å². The van der Waals surface area contributed by atoms with Crippen molar-refractivity contribution in [2.45, 2.75) is 25.7 Å². The molecule has 150 valence electrons. The topological polar surface area (TPSA) is 80.1 Å². The zero-order chi connectivity index (χ0) is 21.1. The Balaban J connectivity index is 1.74. The minimum Gasteiger partial charge on any atom is -0.339 e. The van der Waals surface area contributed by atoms with Crippen molar-refractivity contribution in [3.63, 3.8) is 0 Å². The Labute approximate surface area is 174 Å². The lowest BCUT2D eigenvalue weighted by Gasteiger charge is -2.09. The fraction of sp³-hybridized carbons (Fsp3) is 0.238. The molecule has 0 saturated heterocycles. The predicted octanol–water partition coefficient (Wildman–Crippen LogP) is 4.22. The van der Waals surface area contributed by atoms with Gasteiger partial charge in [0.25, 0.3) is 11.1 Å². The number of carbonyl (C=O) groups excluding carboxylic acids is 2. The van der Waals surface area contributed by atoms with Gasteiger partial charge in [-0.05, 0) is 68.4 Å². The largest absolute Gasteiger partial charge is 0.339 e. The minimum absolute atomic E-state index is 0.0552. The van der Waals surface area contributed by atoms with Gasteiger partial charge in [-0.25, -0.2) is 0 Å². The molecule has 3 rings (SSSR count). The van der Waals surface area contributed by atoms with Crippen LogP contribution in [0.3, 0.4) is 0 Å². The highest BCUT2D eigenvalue weighted by Crippen LogP contribution is 2.23. The van der Waals surface area contributed by atoms with E-state index in [0.717, 1.165) is 33.5 Å². The Bertz CT molecular complexity index is 1060. The molecule has 0 saturated carbocycles. The van der Waals surface area contributed by atoms with Crippen LogP contribution >= 0.6 is 11.8 Å². The number of benzene rings is 2. The van der Waals surface area contributed by atoms with Crippen LogP contribution in [0.25, 0.3) is 5.69 Å². The molecule has 29 heavy (non-hydrogen) atoms. The quantitative estimate of drug-likeness (QED) is 0.653. The number of hydrogen-bond acceptors (Lipinski definition) is 5. The number of anilines is 1.